The molecule has 0 N–H and O–H groups in total. The van der Waals surface area contributed by atoms with Crippen LogP contribution in [0.1, 0.15) is 23.9 Å². The van der Waals surface area contributed by atoms with Crippen LogP contribution in [0.15, 0.2) is 73.1 Å². The second-order valence-electron chi connectivity index (χ2n) is 8.12. The molecule has 0 radical (unpaired) electrons. The molecule has 0 spiro atoms. The minimum absolute atomic E-state index is 0.237. The maximum Gasteiger partial charge on any atom is 0.118 e. The number of ether oxygens (including phenoxy) is 3. The summed E-state index contributed by atoms with van der Waals surface area (Å²) in [6.07, 6.45) is 5.62. The zero-order chi connectivity index (χ0) is 22.6. The predicted octanol–water partition coefficient (Wildman–Crippen LogP) is 5.33. The monoisotopic (exact) mass is 441 g/mol. The van der Waals surface area contributed by atoms with Crippen LogP contribution in [0.5, 0.6) is 11.5 Å². The molecule has 1 aliphatic rings. The Morgan fingerprint density at radius 2 is 1.52 bits per heavy atom. The number of benzene rings is 2. The molecular weight excluding hydrogens is 414 g/mol. The molecule has 3 heterocycles. The molecule has 0 saturated carbocycles. The Morgan fingerprint density at radius 1 is 0.848 bits per heavy atom. The van der Waals surface area contributed by atoms with Crippen LogP contribution in [0.3, 0.4) is 0 Å². The lowest BCUT2D eigenvalue weighted by atomic mass is 10.0. The van der Waals surface area contributed by atoms with Gasteiger partial charge in [0.25, 0.3) is 0 Å². The van der Waals surface area contributed by atoms with E-state index in [0.717, 1.165) is 58.2 Å². The summed E-state index contributed by atoms with van der Waals surface area (Å²) < 4.78 is 19.1. The molecule has 2 aromatic carbocycles. The maximum atomic E-state index is 6.15. The number of fused-ring (bicyclic) bond motifs is 1. The van der Waals surface area contributed by atoms with Gasteiger partial charge in [-0.3, -0.25) is 4.98 Å². The molecule has 5 rings (SSSR count). The number of rotatable bonds is 8. The number of aryl methyl sites for hydroxylation is 1. The molecule has 0 aliphatic carbocycles. The second kappa shape index (κ2) is 9.46. The first kappa shape index (κ1) is 21.2. The first-order valence-electron chi connectivity index (χ1n) is 11.1. The smallest absolute Gasteiger partial charge is 0.118 e. The molecule has 1 unspecified atom stereocenters. The first-order chi connectivity index (χ1) is 16.3. The minimum atomic E-state index is 0.237. The van der Waals surface area contributed by atoms with E-state index < -0.39 is 0 Å². The van der Waals surface area contributed by atoms with E-state index in [2.05, 4.69) is 21.7 Å². The fourth-order valence-electron chi connectivity index (χ4n) is 4.40. The average Bonchev–Trinajstić information content (AvgIpc) is 3.45. The standard InChI is InChI=1S/C27H27N3O3/c1-31-23-8-3-19(4-9-23)17-33-18-22-7-12-25-29-26(20-5-10-24(32-2)11-6-20)27(30(22)25)21-13-15-28-16-14-21/h3-6,8-11,13-16,22H,7,12,17-18H2,1-2H3. The number of nitrogens with zero attached hydrogens (tertiary/aromatic N) is 3. The van der Waals surface area contributed by atoms with E-state index in [9.17, 15) is 0 Å². The molecule has 0 amide bonds. The van der Waals surface area contributed by atoms with Crippen molar-refractivity contribution in [3.05, 3.63) is 84.4 Å². The van der Waals surface area contributed by atoms with Crippen molar-refractivity contribution < 1.29 is 14.2 Å². The van der Waals surface area contributed by atoms with Crippen LogP contribution < -0.4 is 9.47 Å². The number of hydrogen-bond acceptors (Lipinski definition) is 5. The third kappa shape index (κ3) is 4.34. The van der Waals surface area contributed by atoms with Gasteiger partial charge in [-0.2, -0.15) is 0 Å². The Bertz CT molecular complexity index is 1200. The Kier molecular flexibility index (Phi) is 6.09. The molecule has 1 atom stereocenters. The molecule has 2 aromatic heterocycles. The van der Waals surface area contributed by atoms with E-state index in [4.69, 9.17) is 19.2 Å². The van der Waals surface area contributed by atoms with Crippen LogP contribution in [-0.4, -0.2) is 35.4 Å². The summed E-state index contributed by atoms with van der Waals surface area (Å²) in [6.45, 7) is 1.20. The van der Waals surface area contributed by atoms with Crippen LogP contribution in [0, 0.1) is 0 Å². The maximum absolute atomic E-state index is 6.15. The molecule has 0 saturated heterocycles. The molecule has 0 bridgehead atoms. The molecule has 6 heteroatoms. The van der Waals surface area contributed by atoms with Crippen LogP contribution in [0.25, 0.3) is 22.5 Å². The van der Waals surface area contributed by atoms with Gasteiger partial charge >= 0.3 is 0 Å². The average molecular weight is 442 g/mol. The topological polar surface area (TPSA) is 58.4 Å². The van der Waals surface area contributed by atoms with Crippen LogP contribution >= 0.6 is 0 Å². The summed E-state index contributed by atoms with van der Waals surface area (Å²) >= 11 is 0. The highest BCUT2D eigenvalue weighted by atomic mass is 16.5. The van der Waals surface area contributed by atoms with E-state index >= 15 is 0 Å². The summed E-state index contributed by atoms with van der Waals surface area (Å²) in [5, 5.41) is 0. The number of aromatic nitrogens is 3. The molecule has 6 nitrogen and oxygen atoms in total. The summed E-state index contributed by atoms with van der Waals surface area (Å²) in [5.74, 6) is 2.79. The molecular formula is C27H27N3O3. The summed E-state index contributed by atoms with van der Waals surface area (Å²) in [4.78, 5) is 9.27. The molecule has 4 aromatic rings. The lowest BCUT2D eigenvalue weighted by Crippen LogP contribution is -2.13. The van der Waals surface area contributed by atoms with Crippen LogP contribution in [-0.2, 0) is 17.8 Å². The highest BCUT2D eigenvalue weighted by Crippen LogP contribution is 2.40. The number of pyridine rings is 1. The first-order valence-corrected chi connectivity index (χ1v) is 11.1. The van der Waals surface area contributed by atoms with Gasteiger partial charge in [-0.25, -0.2) is 4.98 Å². The SMILES string of the molecule is COc1ccc(COCC2CCc3nc(-c4ccc(OC)cc4)c(-c4ccncc4)n32)cc1. The summed E-state index contributed by atoms with van der Waals surface area (Å²) in [6, 6.07) is 20.4. The zero-order valence-corrected chi connectivity index (χ0v) is 18.9. The normalized spacial score (nSPS) is 14.8. The van der Waals surface area contributed by atoms with Gasteiger partial charge in [-0.1, -0.05) is 12.1 Å². The van der Waals surface area contributed by atoms with Crippen molar-refractivity contribution in [2.24, 2.45) is 0 Å². The van der Waals surface area contributed by atoms with Crippen molar-refractivity contribution in [3.63, 3.8) is 0 Å². The van der Waals surface area contributed by atoms with Crippen LogP contribution in [0.4, 0.5) is 0 Å². The summed E-state index contributed by atoms with van der Waals surface area (Å²) in [5.41, 5.74) is 5.42. The van der Waals surface area contributed by atoms with E-state index in [-0.39, 0.29) is 6.04 Å². The number of methoxy groups -OCH3 is 2. The van der Waals surface area contributed by atoms with Gasteiger partial charge in [0.05, 0.1) is 44.9 Å². The fourth-order valence-corrected chi connectivity index (χ4v) is 4.40. The molecule has 33 heavy (non-hydrogen) atoms. The van der Waals surface area contributed by atoms with Crippen LogP contribution in [0.2, 0.25) is 0 Å². The van der Waals surface area contributed by atoms with E-state index in [1.807, 2.05) is 60.9 Å². The largest absolute Gasteiger partial charge is 0.497 e. The number of hydrogen-bond donors (Lipinski definition) is 0. The lowest BCUT2D eigenvalue weighted by Gasteiger charge is -2.18. The summed E-state index contributed by atoms with van der Waals surface area (Å²) in [7, 11) is 3.36. The van der Waals surface area contributed by atoms with Gasteiger partial charge in [0, 0.05) is 29.9 Å². The Morgan fingerprint density at radius 3 is 2.18 bits per heavy atom. The van der Waals surface area contributed by atoms with E-state index in [1.165, 1.54) is 0 Å². The van der Waals surface area contributed by atoms with Gasteiger partial charge in [-0.05, 0) is 60.5 Å². The highest BCUT2D eigenvalue weighted by Gasteiger charge is 2.30. The third-order valence-electron chi connectivity index (χ3n) is 6.11. The van der Waals surface area contributed by atoms with Gasteiger partial charge in [-0.15, -0.1) is 0 Å². The van der Waals surface area contributed by atoms with E-state index in [0.29, 0.717) is 13.2 Å². The fraction of sp³-hybridized carbons (Fsp3) is 0.259. The zero-order valence-electron chi connectivity index (χ0n) is 18.9. The van der Waals surface area contributed by atoms with Gasteiger partial charge in [0.1, 0.15) is 17.3 Å². The second-order valence-corrected chi connectivity index (χ2v) is 8.12. The van der Waals surface area contributed by atoms with Gasteiger partial charge < -0.3 is 18.8 Å². The van der Waals surface area contributed by atoms with Crippen molar-refractivity contribution in [1.82, 2.24) is 14.5 Å². The Labute approximate surface area is 193 Å². The Balaban J connectivity index is 1.42. The predicted molar refractivity (Wildman–Crippen MR) is 127 cm³/mol. The number of imidazole rings is 1. The lowest BCUT2D eigenvalue weighted by molar-refractivity contribution is 0.0925. The van der Waals surface area contributed by atoms with Gasteiger partial charge in [0.2, 0.25) is 0 Å². The van der Waals surface area contributed by atoms with Gasteiger partial charge in [0.15, 0.2) is 0 Å². The molecule has 1 aliphatic heterocycles. The van der Waals surface area contributed by atoms with Crippen molar-refractivity contribution in [1.29, 1.82) is 0 Å². The minimum Gasteiger partial charge on any atom is -0.497 e. The third-order valence-corrected chi connectivity index (χ3v) is 6.11. The Hall–Kier alpha value is -3.64. The quantitative estimate of drug-likeness (QED) is 0.370. The van der Waals surface area contributed by atoms with Crippen molar-refractivity contribution in [2.75, 3.05) is 20.8 Å². The van der Waals surface area contributed by atoms with Crippen molar-refractivity contribution in [2.45, 2.75) is 25.5 Å². The molecule has 0 fully saturated rings. The molecule has 168 valence electrons. The van der Waals surface area contributed by atoms with E-state index in [1.54, 1.807) is 14.2 Å². The van der Waals surface area contributed by atoms with Crippen molar-refractivity contribution >= 4 is 0 Å². The highest BCUT2D eigenvalue weighted by molar-refractivity contribution is 5.79. The van der Waals surface area contributed by atoms with Crippen molar-refractivity contribution in [3.8, 4) is 34.0 Å².